The van der Waals surface area contributed by atoms with Gasteiger partial charge < -0.3 is 11.5 Å². The SMILES string of the molecule is [NH3+]c1ccc([NH3+])c(Cl)c1. The minimum absolute atomic E-state index is 0.683. The summed E-state index contributed by atoms with van der Waals surface area (Å²) in [5, 5.41) is 0.683. The summed E-state index contributed by atoms with van der Waals surface area (Å²) in [6, 6.07) is 5.53. The Balaban J connectivity index is 3.17. The highest BCUT2D eigenvalue weighted by molar-refractivity contribution is 6.32. The molecule has 0 spiro atoms. The molecule has 1 rings (SSSR count). The Morgan fingerprint density at radius 3 is 2.33 bits per heavy atom. The van der Waals surface area contributed by atoms with Gasteiger partial charge in [0.15, 0.2) is 0 Å². The molecule has 0 aliphatic heterocycles. The van der Waals surface area contributed by atoms with Crippen LogP contribution in [0.25, 0.3) is 0 Å². The lowest BCUT2D eigenvalue weighted by atomic mass is 10.3. The molecule has 1 aromatic carbocycles. The van der Waals surface area contributed by atoms with Crippen LogP contribution in [0, 0.1) is 0 Å². The van der Waals surface area contributed by atoms with Crippen molar-refractivity contribution in [3.05, 3.63) is 23.2 Å². The number of hydrogen-bond donors (Lipinski definition) is 2. The van der Waals surface area contributed by atoms with Crippen LogP contribution in [0.15, 0.2) is 18.2 Å². The third-order valence-electron chi connectivity index (χ3n) is 1.12. The highest BCUT2D eigenvalue weighted by atomic mass is 35.5. The molecule has 0 unspecified atom stereocenters. The molecule has 0 aliphatic carbocycles. The molecule has 3 heteroatoms. The van der Waals surface area contributed by atoms with Crippen molar-refractivity contribution in [3.8, 4) is 0 Å². The van der Waals surface area contributed by atoms with E-state index < -0.39 is 0 Å². The fourth-order valence-corrected chi connectivity index (χ4v) is 0.794. The Labute approximate surface area is 58.4 Å². The maximum Gasteiger partial charge on any atom is 0.147 e. The van der Waals surface area contributed by atoms with Crippen molar-refractivity contribution in [1.29, 1.82) is 0 Å². The molecule has 9 heavy (non-hydrogen) atoms. The number of rotatable bonds is 0. The largest absolute Gasteiger partial charge is 0.325 e. The summed E-state index contributed by atoms with van der Waals surface area (Å²) in [5.74, 6) is 0. The van der Waals surface area contributed by atoms with Gasteiger partial charge in [-0.05, 0) is 0 Å². The van der Waals surface area contributed by atoms with E-state index in [-0.39, 0.29) is 0 Å². The first-order valence-corrected chi connectivity index (χ1v) is 3.01. The second-order valence-electron chi connectivity index (χ2n) is 1.93. The van der Waals surface area contributed by atoms with Crippen molar-refractivity contribution in [2.45, 2.75) is 0 Å². The fourth-order valence-electron chi connectivity index (χ4n) is 0.591. The number of halogens is 1. The van der Waals surface area contributed by atoms with Crippen LogP contribution < -0.4 is 11.5 Å². The van der Waals surface area contributed by atoms with E-state index >= 15 is 0 Å². The average molecular weight is 145 g/mol. The van der Waals surface area contributed by atoms with E-state index in [4.69, 9.17) is 11.6 Å². The van der Waals surface area contributed by atoms with Crippen LogP contribution in [0.1, 0.15) is 0 Å². The predicted octanol–water partition coefficient (Wildman–Crippen LogP) is 0.0868. The fraction of sp³-hybridized carbons (Fsp3) is 0. The summed E-state index contributed by atoms with van der Waals surface area (Å²) in [6.45, 7) is 0. The molecule has 0 saturated heterocycles. The third kappa shape index (κ3) is 1.42. The van der Waals surface area contributed by atoms with Gasteiger partial charge in [-0.15, -0.1) is 0 Å². The minimum atomic E-state index is 0.683. The van der Waals surface area contributed by atoms with Gasteiger partial charge in [0, 0.05) is 18.2 Å². The first-order valence-electron chi connectivity index (χ1n) is 2.63. The molecule has 1 aromatic rings. The molecular weight excluding hydrogens is 136 g/mol. The second kappa shape index (κ2) is 2.35. The first-order chi connectivity index (χ1) is 4.20. The Hall–Kier alpha value is -0.570. The lowest BCUT2D eigenvalue weighted by Gasteiger charge is -1.90. The first kappa shape index (κ1) is 6.55. The van der Waals surface area contributed by atoms with Crippen LogP contribution in [0.4, 0.5) is 11.4 Å². The molecule has 0 radical (unpaired) electrons. The smallest absolute Gasteiger partial charge is 0.147 e. The van der Waals surface area contributed by atoms with Gasteiger partial charge in [0.1, 0.15) is 16.4 Å². The molecule has 0 heterocycles. The molecule has 0 aromatic heterocycles. The van der Waals surface area contributed by atoms with Crippen LogP contribution in [0.5, 0.6) is 0 Å². The molecule has 6 N–H and O–H groups in total. The van der Waals surface area contributed by atoms with Gasteiger partial charge >= 0.3 is 0 Å². The summed E-state index contributed by atoms with van der Waals surface area (Å²) in [4.78, 5) is 0. The van der Waals surface area contributed by atoms with Crippen molar-refractivity contribution >= 4 is 23.0 Å². The average Bonchev–Trinajstić information content (AvgIpc) is 1.80. The summed E-state index contributed by atoms with van der Waals surface area (Å²) in [6.07, 6.45) is 0. The zero-order chi connectivity index (χ0) is 6.85. The highest BCUT2D eigenvalue weighted by Crippen LogP contribution is 2.17. The van der Waals surface area contributed by atoms with Crippen molar-refractivity contribution in [1.82, 2.24) is 0 Å². The molecule has 0 saturated carbocycles. The van der Waals surface area contributed by atoms with E-state index in [9.17, 15) is 0 Å². The van der Waals surface area contributed by atoms with Gasteiger partial charge in [-0.1, -0.05) is 11.6 Å². The Kier molecular flexibility index (Phi) is 1.71. The zero-order valence-corrected chi connectivity index (χ0v) is 5.78. The highest BCUT2D eigenvalue weighted by Gasteiger charge is 1.98. The summed E-state index contributed by atoms with van der Waals surface area (Å²) >= 11 is 5.71. The van der Waals surface area contributed by atoms with Gasteiger partial charge in [-0.3, -0.25) is 0 Å². The van der Waals surface area contributed by atoms with E-state index in [1.807, 2.05) is 12.1 Å². The topological polar surface area (TPSA) is 55.3 Å². The van der Waals surface area contributed by atoms with Gasteiger partial charge in [-0.25, -0.2) is 0 Å². The summed E-state index contributed by atoms with van der Waals surface area (Å²) in [7, 11) is 0. The predicted molar refractivity (Wildman–Crippen MR) is 36.5 cm³/mol. The van der Waals surface area contributed by atoms with Crippen molar-refractivity contribution < 1.29 is 11.5 Å². The number of hydrogen-bond acceptors (Lipinski definition) is 0. The number of benzene rings is 1. The monoisotopic (exact) mass is 144 g/mol. The summed E-state index contributed by atoms with van der Waals surface area (Å²) < 4.78 is 0. The normalized spacial score (nSPS) is 9.67. The number of quaternary nitrogens is 2. The maximum absolute atomic E-state index is 5.71. The van der Waals surface area contributed by atoms with Gasteiger partial charge in [-0.2, -0.15) is 0 Å². The van der Waals surface area contributed by atoms with Crippen LogP contribution in [-0.4, -0.2) is 0 Å². The van der Waals surface area contributed by atoms with Crippen LogP contribution in [0.3, 0.4) is 0 Å². The lowest BCUT2D eigenvalue weighted by molar-refractivity contribution is -0.260. The van der Waals surface area contributed by atoms with Gasteiger partial charge in [0.25, 0.3) is 0 Å². The zero-order valence-electron chi connectivity index (χ0n) is 5.02. The van der Waals surface area contributed by atoms with Gasteiger partial charge in [0.05, 0.1) is 0 Å². The molecule has 0 atom stereocenters. The van der Waals surface area contributed by atoms with Crippen molar-refractivity contribution in [2.24, 2.45) is 0 Å². The molecule has 2 nitrogen and oxygen atoms in total. The minimum Gasteiger partial charge on any atom is -0.325 e. The molecule has 0 aliphatic rings. The Bertz CT molecular complexity index is 222. The van der Waals surface area contributed by atoms with Crippen molar-refractivity contribution in [2.75, 3.05) is 0 Å². The van der Waals surface area contributed by atoms with E-state index in [1.165, 1.54) is 0 Å². The quantitative estimate of drug-likeness (QED) is 0.519. The molecule has 0 amide bonds. The molecule has 0 fully saturated rings. The second-order valence-corrected chi connectivity index (χ2v) is 2.33. The van der Waals surface area contributed by atoms with E-state index in [0.717, 1.165) is 11.4 Å². The Morgan fingerprint density at radius 2 is 1.89 bits per heavy atom. The van der Waals surface area contributed by atoms with Gasteiger partial charge in [0.2, 0.25) is 0 Å². The van der Waals surface area contributed by atoms with E-state index in [1.54, 1.807) is 6.07 Å². The summed E-state index contributed by atoms with van der Waals surface area (Å²) in [5.41, 5.74) is 9.19. The Morgan fingerprint density at radius 1 is 1.22 bits per heavy atom. The molecule has 48 valence electrons. The van der Waals surface area contributed by atoms with E-state index in [0.29, 0.717) is 5.02 Å². The maximum atomic E-state index is 5.71. The molecule has 0 bridgehead atoms. The third-order valence-corrected chi connectivity index (χ3v) is 1.47. The lowest BCUT2D eigenvalue weighted by Crippen LogP contribution is -2.43. The molecular formula is C6H9ClN2+2. The van der Waals surface area contributed by atoms with Crippen LogP contribution in [0.2, 0.25) is 5.02 Å². The van der Waals surface area contributed by atoms with Crippen molar-refractivity contribution in [3.63, 3.8) is 0 Å². The van der Waals surface area contributed by atoms with Crippen LogP contribution >= 0.6 is 11.6 Å². The van der Waals surface area contributed by atoms with Crippen LogP contribution in [-0.2, 0) is 0 Å². The van der Waals surface area contributed by atoms with E-state index in [2.05, 4.69) is 11.5 Å². The standard InChI is InChI=1S/C6H7ClN2/c7-5-3-4(8)1-2-6(5)9/h1-3H,8-9H2/p+2.